The van der Waals surface area contributed by atoms with Gasteiger partial charge in [0.05, 0.1) is 5.69 Å². The van der Waals surface area contributed by atoms with Crippen LogP contribution in [0.4, 0.5) is 5.69 Å². The molecule has 0 unspecified atom stereocenters. The second-order valence-corrected chi connectivity index (χ2v) is 2.65. The van der Waals surface area contributed by atoms with Crippen molar-refractivity contribution >= 4 is 5.69 Å². The maximum Gasteiger partial charge on any atom is 0.253 e. The number of nitrogens with zero attached hydrogens (tertiary/aromatic N) is 1. The van der Waals surface area contributed by atoms with Crippen molar-refractivity contribution in [3.05, 3.63) is 22.0 Å². The Balaban J connectivity index is 3.52. The van der Waals surface area contributed by atoms with Gasteiger partial charge in [0.1, 0.15) is 0 Å². The molecule has 0 saturated carbocycles. The normalized spacial score (nSPS) is 10.2. The van der Waals surface area contributed by atoms with Crippen LogP contribution in [0.25, 0.3) is 0 Å². The molecule has 1 aromatic rings. The van der Waals surface area contributed by atoms with Crippen LogP contribution in [-0.4, -0.2) is 9.67 Å². The molecule has 0 atom stereocenters. The first-order chi connectivity index (χ1) is 5.57. The molecule has 0 fully saturated rings. The maximum absolute atomic E-state index is 11.2. The molecule has 66 valence electrons. The van der Waals surface area contributed by atoms with E-state index in [0.29, 0.717) is 12.1 Å². The van der Waals surface area contributed by atoms with Gasteiger partial charge in [0.15, 0.2) is 0 Å². The van der Waals surface area contributed by atoms with Crippen LogP contribution in [0.15, 0.2) is 10.9 Å². The van der Waals surface area contributed by atoms with Gasteiger partial charge in [-0.25, -0.2) is 0 Å². The van der Waals surface area contributed by atoms with Crippen LogP contribution in [0.2, 0.25) is 0 Å². The molecule has 1 heterocycles. The van der Waals surface area contributed by atoms with Crippen LogP contribution in [0.1, 0.15) is 12.5 Å². The van der Waals surface area contributed by atoms with Crippen molar-refractivity contribution in [3.8, 4) is 5.88 Å². The Labute approximate surface area is 70.3 Å². The van der Waals surface area contributed by atoms with Gasteiger partial charge in [0.2, 0.25) is 5.88 Å². The van der Waals surface area contributed by atoms with Gasteiger partial charge in [0.25, 0.3) is 5.56 Å². The highest BCUT2D eigenvalue weighted by Gasteiger charge is 2.07. The van der Waals surface area contributed by atoms with Crippen LogP contribution >= 0.6 is 0 Å². The van der Waals surface area contributed by atoms with E-state index in [1.54, 1.807) is 13.8 Å². The van der Waals surface area contributed by atoms with Gasteiger partial charge >= 0.3 is 0 Å². The molecule has 0 bridgehead atoms. The maximum atomic E-state index is 11.2. The highest BCUT2D eigenvalue weighted by Crippen LogP contribution is 2.20. The largest absolute Gasteiger partial charge is 0.493 e. The summed E-state index contributed by atoms with van der Waals surface area (Å²) in [5.41, 5.74) is 6.18. The Hall–Kier alpha value is -1.45. The number of aryl methyl sites for hydroxylation is 1. The number of nitrogens with two attached hydrogens (primary N) is 1. The highest BCUT2D eigenvalue weighted by molar-refractivity contribution is 5.53. The third kappa shape index (κ3) is 1.15. The van der Waals surface area contributed by atoms with Gasteiger partial charge in [0, 0.05) is 12.6 Å². The van der Waals surface area contributed by atoms with E-state index in [9.17, 15) is 9.90 Å². The minimum atomic E-state index is -0.221. The fraction of sp³-hybridized carbons (Fsp3) is 0.375. The monoisotopic (exact) mass is 168 g/mol. The number of aromatic hydroxyl groups is 1. The Kier molecular flexibility index (Phi) is 2.08. The predicted molar refractivity (Wildman–Crippen MR) is 47.2 cm³/mol. The van der Waals surface area contributed by atoms with Crippen molar-refractivity contribution in [2.24, 2.45) is 0 Å². The number of aromatic nitrogens is 1. The standard InChI is InChI=1S/C8H12N2O2/c1-3-10-6(11)4-5(2)7(9)8(10)12/h4,12H,3,9H2,1-2H3. The van der Waals surface area contributed by atoms with Crippen LogP contribution in [0, 0.1) is 6.92 Å². The number of hydrogen-bond donors (Lipinski definition) is 2. The summed E-state index contributed by atoms with van der Waals surface area (Å²) in [6.07, 6.45) is 0. The molecule has 4 heteroatoms. The quantitative estimate of drug-likeness (QED) is 0.640. The van der Waals surface area contributed by atoms with Crippen molar-refractivity contribution in [1.29, 1.82) is 0 Å². The Bertz CT molecular complexity index is 355. The summed E-state index contributed by atoms with van der Waals surface area (Å²) in [4.78, 5) is 11.2. The average Bonchev–Trinajstić information content (AvgIpc) is 2.01. The molecule has 1 aromatic heterocycles. The lowest BCUT2D eigenvalue weighted by molar-refractivity contribution is 0.414. The zero-order valence-electron chi connectivity index (χ0n) is 7.16. The predicted octanol–water partition coefficient (Wildman–Crippen LogP) is 0.464. The number of pyridine rings is 1. The van der Waals surface area contributed by atoms with Crippen molar-refractivity contribution in [3.63, 3.8) is 0 Å². The minimum absolute atomic E-state index is 0.137. The molecule has 0 saturated heterocycles. The third-order valence-corrected chi connectivity index (χ3v) is 1.84. The molecule has 0 spiro atoms. The van der Waals surface area contributed by atoms with E-state index in [2.05, 4.69) is 0 Å². The zero-order valence-corrected chi connectivity index (χ0v) is 7.16. The van der Waals surface area contributed by atoms with Crippen molar-refractivity contribution in [2.45, 2.75) is 20.4 Å². The van der Waals surface area contributed by atoms with E-state index in [0.717, 1.165) is 0 Å². The van der Waals surface area contributed by atoms with E-state index >= 15 is 0 Å². The van der Waals surface area contributed by atoms with E-state index in [-0.39, 0.29) is 17.1 Å². The summed E-state index contributed by atoms with van der Waals surface area (Å²) in [6, 6.07) is 1.42. The van der Waals surface area contributed by atoms with Gasteiger partial charge in [-0.15, -0.1) is 0 Å². The Morgan fingerprint density at radius 3 is 2.75 bits per heavy atom. The molecular weight excluding hydrogens is 156 g/mol. The lowest BCUT2D eigenvalue weighted by atomic mass is 10.2. The van der Waals surface area contributed by atoms with Gasteiger partial charge in [-0.1, -0.05) is 0 Å². The molecule has 0 amide bonds. The van der Waals surface area contributed by atoms with E-state index in [1.807, 2.05) is 0 Å². The molecule has 0 aromatic carbocycles. The lowest BCUT2D eigenvalue weighted by Gasteiger charge is -2.08. The SMILES string of the molecule is CCn1c(O)c(N)c(C)cc1=O. The Morgan fingerprint density at radius 2 is 2.25 bits per heavy atom. The molecule has 0 aliphatic rings. The first-order valence-corrected chi connectivity index (χ1v) is 3.76. The highest BCUT2D eigenvalue weighted by atomic mass is 16.3. The summed E-state index contributed by atoms with van der Waals surface area (Å²) in [6.45, 7) is 3.89. The van der Waals surface area contributed by atoms with Gasteiger partial charge < -0.3 is 10.8 Å². The fourth-order valence-corrected chi connectivity index (χ4v) is 1.07. The van der Waals surface area contributed by atoms with Gasteiger partial charge in [-0.3, -0.25) is 9.36 Å². The molecule has 0 aliphatic carbocycles. The van der Waals surface area contributed by atoms with Crippen LogP contribution in [0.3, 0.4) is 0 Å². The summed E-state index contributed by atoms with van der Waals surface area (Å²) in [7, 11) is 0. The summed E-state index contributed by atoms with van der Waals surface area (Å²) in [5, 5.41) is 9.40. The third-order valence-electron chi connectivity index (χ3n) is 1.84. The first-order valence-electron chi connectivity index (χ1n) is 3.76. The van der Waals surface area contributed by atoms with E-state index in [4.69, 9.17) is 5.73 Å². The van der Waals surface area contributed by atoms with Gasteiger partial charge in [-0.2, -0.15) is 0 Å². The molecule has 3 N–H and O–H groups in total. The van der Waals surface area contributed by atoms with Gasteiger partial charge in [-0.05, 0) is 19.4 Å². The van der Waals surface area contributed by atoms with Crippen LogP contribution in [0.5, 0.6) is 5.88 Å². The first kappa shape index (κ1) is 8.64. The van der Waals surface area contributed by atoms with Crippen molar-refractivity contribution < 1.29 is 5.11 Å². The zero-order chi connectivity index (χ0) is 9.30. The van der Waals surface area contributed by atoms with Crippen LogP contribution < -0.4 is 11.3 Å². The average molecular weight is 168 g/mol. The van der Waals surface area contributed by atoms with E-state index in [1.165, 1.54) is 10.6 Å². The molecule has 0 radical (unpaired) electrons. The molecule has 12 heavy (non-hydrogen) atoms. The summed E-state index contributed by atoms with van der Waals surface area (Å²) >= 11 is 0. The fourth-order valence-electron chi connectivity index (χ4n) is 1.07. The lowest BCUT2D eigenvalue weighted by Crippen LogP contribution is -2.19. The minimum Gasteiger partial charge on any atom is -0.493 e. The topological polar surface area (TPSA) is 68.2 Å². The second kappa shape index (κ2) is 2.89. The second-order valence-electron chi connectivity index (χ2n) is 2.65. The number of anilines is 1. The molecule has 0 aliphatic heterocycles. The molecular formula is C8H12N2O2. The number of rotatable bonds is 1. The van der Waals surface area contributed by atoms with E-state index < -0.39 is 0 Å². The number of hydrogen-bond acceptors (Lipinski definition) is 3. The van der Waals surface area contributed by atoms with Crippen LogP contribution in [-0.2, 0) is 6.54 Å². The molecule has 4 nitrogen and oxygen atoms in total. The molecule has 1 rings (SSSR count). The summed E-state index contributed by atoms with van der Waals surface area (Å²) in [5.74, 6) is -0.137. The number of nitrogen functional groups attached to an aromatic ring is 1. The van der Waals surface area contributed by atoms with Crippen molar-refractivity contribution in [1.82, 2.24) is 4.57 Å². The smallest absolute Gasteiger partial charge is 0.253 e. The Morgan fingerprint density at radius 1 is 1.67 bits per heavy atom. The summed E-state index contributed by atoms with van der Waals surface area (Å²) < 4.78 is 1.22. The van der Waals surface area contributed by atoms with Crippen molar-refractivity contribution in [2.75, 3.05) is 5.73 Å².